The van der Waals surface area contributed by atoms with Gasteiger partial charge in [0, 0.05) is 0 Å². The minimum atomic E-state index is -0.927. The molecule has 0 heterocycles. The predicted octanol–water partition coefficient (Wildman–Crippen LogP) is 0.170. The first-order valence-electron chi connectivity index (χ1n) is 6.95. The van der Waals surface area contributed by atoms with Gasteiger partial charge in [0.1, 0.15) is 6.04 Å². The topological polar surface area (TPSA) is 86.6 Å². The van der Waals surface area contributed by atoms with Gasteiger partial charge >= 0.3 is 5.97 Å². The Labute approximate surface area is 113 Å². The third kappa shape index (κ3) is 2.11. The van der Waals surface area contributed by atoms with Gasteiger partial charge < -0.3 is 20.2 Å². The molecule has 19 heavy (non-hydrogen) atoms. The van der Waals surface area contributed by atoms with Crippen LogP contribution in [0.25, 0.3) is 0 Å². The van der Waals surface area contributed by atoms with E-state index < -0.39 is 23.0 Å². The van der Waals surface area contributed by atoms with Crippen LogP contribution in [0.15, 0.2) is 0 Å². The molecule has 0 aliphatic heterocycles. The second-order valence-electron chi connectivity index (χ2n) is 6.79. The quantitative estimate of drug-likeness (QED) is 0.486. The Kier molecular flexibility index (Phi) is 2.98. The zero-order chi connectivity index (χ0) is 13.7. The maximum atomic E-state index is 11.5. The highest BCUT2D eigenvalue weighted by Gasteiger charge is 2.60. The summed E-state index contributed by atoms with van der Waals surface area (Å²) in [5.41, 5.74) is -1.08. The molecular formula is C13H19BNO4. The fourth-order valence-electron chi connectivity index (χ4n) is 5.27. The van der Waals surface area contributed by atoms with Gasteiger partial charge in [0.25, 0.3) is 7.41 Å². The van der Waals surface area contributed by atoms with Crippen LogP contribution in [0.5, 0.6) is 0 Å². The number of rotatable bonds is 5. The molecule has 103 valence electrons. The molecule has 4 aliphatic carbocycles. The van der Waals surface area contributed by atoms with Gasteiger partial charge in [0.05, 0.1) is 11.8 Å². The van der Waals surface area contributed by atoms with Crippen LogP contribution < -0.4 is 5.23 Å². The number of nitrogens with one attached hydrogen (secondary N) is 1. The normalized spacial score (nSPS) is 44.9. The van der Waals surface area contributed by atoms with Crippen molar-refractivity contribution in [2.24, 2.45) is 17.3 Å². The maximum Gasteiger partial charge on any atom is 0.320 e. The smallest absolute Gasteiger partial charge is 0.320 e. The predicted molar refractivity (Wildman–Crippen MR) is 69.1 cm³/mol. The van der Waals surface area contributed by atoms with E-state index in [9.17, 15) is 19.8 Å². The molecule has 0 aromatic heterocycles. The fraction of sp³-hybridized carbons (Fsp3) is 0.846. The monoisotopic (exact) mass is 264 g/mol. The zero-order valence-corrected chi connectivity index (χ0v) is 10.8. The van der Waals surface area contributed by atoms with Crippen molar-refractivity contribution in [1.82, 2.24) is 5.23 Å². The Morgan fingerprint density at radius 2 is 1.95 bits per heavy atom. The van der Waals surface area contributed by atoms with Crippen LogP contribution in [-0.2, 0) is 9.59 Å². The van der Waals surface area contributed by atoms with Crippen LogP contribution in [-0.4, -0.2) is 41.4 Å². The van der Waals surface area contributed by atoms with Gasteiger partial charge in [0.2, 0.25) is 0 Å². The van der Waals surface area contributed by atoms with Crippen LogP contribution in [0.4, 0.5) is 0 Å². The molecule has 3 atom stereocenters. The summed E-state index contributed by atoms with van der Waals surface area (Å²) in [6.45, 7) is 0. The minimum absolute atomic E-state index is 0.399. The van der Waals surface area contributed by atoms with Gasteiger partial charge in [-0.15, -0.1) is 0 Å². The number of carbonyl (C=O) groups excluding carboxylic acids is 1. The van der Waals surface area contributed by atoms with E-state index in [4.69, 9.17) is 0 Å². The first kappa shape index (κ1) is 13.1. The maximum absolute atomic E-state index is 11.5. The van der Waals surface area contributed by atoms with Crippen molar-refractivity contribution in [3.05, 3.63) is 0 Å². The molecular weight excluding hydrogens is 245 g/mol. The van der Waals surface area contributed by atoms with Crippen LogP contribution >= 0.6 is 0 Å². The Morgan fingerprint density at radius 3 is 2.42 bits per heavy atom. The molecule has 4 aliphatic rings. The molecule has 0 amide bonds. The van der Waals surface area contributed by atoms with E-state index in [0.717, 1.165) is 32.1 Å². The summed E-state index contributed by atoms with van der Waals surface area (Å²) in [6.07, 6.45) is 5.57. The van der Waals surface area contributed by atoms with Crippen molar-refractivity contribution in [2.75, 3.05) is 0 Å². The first-order chi connectivity index (χ1) is 8.96. The average Bonchev–Trinajstić information content (AvgIpc) is 2.24. The van der Waals surface area contributed by atoms with E-state index in [-0.39, 0.29) is 0 Å². The van der Waals surface area contributed by atoms with E-state index >= 15 is 0 Å². The molecule has 0 spiro atoms. The first-order valence-corrected chi connectivity index (χ1v) is 6.95. The molecule has 6 heteroatoms. The average molecular weight is 264 g/mol. The van der Waals surface area contributed by atoms with E-state index in [1.807, 2.05) is 0 Å². The van der Waals surface area contributed by atoms with E-state index in [1.165, 1.54) is 7.41 Å². The number of aliphatic hydroxyl groups is 1. The minimum Gasteiger partial charge on any atom is -0.480 e. The van der Waals surface area contributed by atoms with Crippen molar-refractivity contribution in [3.63, 3.8) is 0 Å². The lowest BCUT2D eigenvalue weighted by Crippen LogP contribution is -2.64. The number of hydrogen-bond donors (Lipinski definition) is 3. The third-order valence-electron chi connectivity index (χ3n) is 5.27. The highest BCUT2D eigenvalue weighted by Crippen LogP contribution is 2.62. The lowest BCUT2D eigenvalue weighted by molar-refractivity contribution is -0.181. The van der Waals surface area contributed by atoms with Gasteiger partial charge in [0.15, 0.2) is 0 Å². The number of carboxylic acid groups (broad SMARTS) is 1. The molecule has 0 aromatic rings. The number of hydrogen-bond acceptors (Lipinski definition) is 4. The Hall–Kier alpha value is -0.875. The van der Waals surface area contributed by atoms with Gasteiger partial charge in [-0.25, -0.2) is 0 Å². The molecule has 2 unspecified atom stereocenters. The Bertz CT molecular complexity index is 399. The Morgan fingerprint density at radius 1 is 1.32 bits per heavy atom. The lowest BCUT2D eigenvalue weighted by Gasteiger charge is -2.61. The van der Waals surface area contributed by atoms with Gasteiger partial charge in [-0.3, -0.25) is 4.79 Å². The fourth-order valence-corrected chi connectivity index (χ4v) is 5.27. The zero-order valence-electron chi connectivity index (χ0n) is 10.8. The summed E-state index contributed by atoms with van der Waals surface area (Å²) >= 11 is 0. The SMILES string of the molecule is O=C[B]N[C@H](C(=O)O)C12CC3CC(CC(O)(C3)C1)C2. The molecule has 4 rings (SSSR count). The molecule has 3 N–H and O–H groups in total. The molecule has 4 fully saturated rings. The summed E-state index contributed by atoms with van der Waals surface area (Å²) in [4.78, 5) is 22.0. The standard InChI is InChI=1S/C13H19BNO4/c16-7-14-15-10(11(17)18)12-2-8-1-9(3-12)5-13(19,4-8)6-12/h7-10,15,19H,1-6H2,(H,17,18)/t8?,9?,10-,12?,13?/m1/s1. The number of carbonyl (C=O) groups is 2. The van der Waals surface area contributed by atoms with Crippen molar-refractivity contribution in [2.45, 2.75) is 50.2 Å². The highest BCUT2D eigenvalue weighted by atomic mass is 16.4. The van der Waals surface area contributed by atoms with Crippen molar-refractivity contribution in [1.29, 1.82) is 0 Å². The summed E-state index contributed by atoms with van der Waals surface area (Å²) in [5.74, 6) is -0.0547. The van der Waals surface area contributed by atoms with Gasteiger partial charge in [-0.2, -0.15) is 0 Å². The molecule has 5 nitrogen and oxygen atoms in total. The molecule has 1 radical (unpaired) electrons. The van der Waals surface area contributed by atoms with Gasteiger partial charge in [-0.1, -0.05) is 0 Å². The van der Waals surface area contributed by atoms with E-state index in [2.05, 4.69) is 5.23 Å². The van der Waals surface area contributed by atoms with Gasteiger partial charge in [-0.05, 0) is 55.8 Å². The third-order valence-corrected chi connectivity index (χ3v) is 5.27. The lowest BCUT2D eigenvalue weighted by atomic mass is 9.46. The van der Waals surface area contributed by atoms with Crippen LogP contribution in [0, 0.1) is 17.3 Å². The molecule has 4 saturated carbocycles. The van der Waals surface area contributed by atoms with E-state index in [0.29, 0.717) is 24.4 Å². The summed E-state index contributed by atoms with van der Waals surface area (Å²) in [5, 5.41) is 22.8. The number of carboxylic acids is 1. The summed E-state index contributed by atoms with van der Waals surface area (Å²) in [6, 6.07) is -0.768. The summed E-state index contributed by atoms with van der Waals surface area (Å²) in [7, 11) is 1.17. The number of aliphatic carboxylic acids is 1. The molecule has 0 aromatic carbocycles. The van der Waals surface area contributed by atoms with Crippen LogP contribution in [0.3, 0.4) is 0 Å². The van der Waals surface area contributed by atoms with Crippen molar-refractivity contribution in [3.8, 4) is 0 Å². The van der Waals surface area contributed by atoms with Crippen molar-refractivity contribution >= 4 is 19.6 Å². The molecule has 4 bridgehead atoms. The summed E-state index contributed by atoms with van der Waals surface area (Å²) < 4.78 is 0. The van der Waals surface area contributed by atoms with E-state index in [1.54, 1.807) is 0 Å². The largest absolute Gasteiger partial charge is 0.480 e. The highest BCUT2D eigenvalue weighted by molar-refractivity contribution is 6.64. The second-order valence-corrected chi connectivity index (χ2v) is 6.79. The Balaban J connectivity index is 1.88. The van der Waals surface area contributed by atoms with Crippen LogP contribution in [0.2, 0.25) is 0 Å². The second kappa shape index (κ2) is 4.31. The molecule has 0 saturated heterocycles. The van der Waals surface area contributed by atoms with Crippen molar-refractivity contribution < 1.29 is 19.8 Å². The van der Waals surface area contributed by atoms with Crippen LogP contribution in [0.1, 0.15) is 38.5 Å².